The van der Waals surface area contributed by atoms with Gasteiger partial charge < -0.3 is 15.0 Å². The van der Waals surface area contributed by atoms with E-state index in [-0.39, 0.29) is 17.9 Å². The number of para-hydroxylation sites is 1. The van der Waals surface area contributed by atoms with Gasteiger partial charge in [0.2, 0.25) is 5.91 Å². The summed E-state index contributed by atoms with van der Waals surface area (Å²) in [6.07, 6.45) is 8.63. The molecular weight excluding hydrogens is 328 g/mol. The van der Waals surface area contributed by atoms with Crippen molar-refractivity contribution < 1.29 is 14.3 Å². The van der Waals surface area contributed by atoms with Gasteiger partial charge in [0.25, 0.3) is 0 Å². The van der Waals surface area contributed by atoms with E-state index in [0.717, 1.165) is 31.4 Å². The summed E-state index contributed by atoms with van der Waals surface area (Å²) in [4.78, 5) is 27.5. The fourth-order valence-corrected chi connectivity index (χ4v) is 4.01. The molecule has 142 valence electrons. The number of hydrogen-bond donors (Lipinski definition) is 1. The second-order valence-electron chi connectivity index (χ2n) is 7.41. The molecule has 0 bridgehead atoms. The van der Waals surface area contributed by atoms with Gasteiger partial charge in [0.15, 0.2) is 0 Å². The van der Waals surface area contributed by atoms with E-state index in [4.69, 9.17) is 4.74 Å². The highest BCUT2D eigenvalue weighted by atomic mass is 16.5. The van der Waals surface area contributed by atoms with Crippen molar-refractivity contribution in [2.24, 2.45) is 0 Å². The van der Waals surface area contributed by atoms with Crippen LogP contribution in [0.25, 0.3) is 0 Å². The predicted octanol–water partition coefficient (Wildman–Crippen LogP) is 3.67. The zero-order valence-corrected chi connectivity index (χ0v) is 15.9. The molecule has 1 N–H and O–H groups in total. The van der Waals surface area contributed by atoms with E-state index in [1.807, 2.05) is 25.1 Å². The predicted molar refractivity (Wildman–Crippen MR) is 102 cm³/mol. The van der Waals surface area contributed by atoms with Gasteiger partial charge in [0, 0.05) is 12.1 Å². The average molecular weight is 358 g/mol. The van der Waals surface area contributed by atoms with Crippen LogP contribution in [0.5, 0.6) is 0 Å². The number of carbonyl (C=O) groups is 2. The van der Waals surface area contributed by atoms with E-state index in [2.05, 4.69) is 10.2 Å². The Hall–Kier alpha value is -2.04. The van der Waals surface area contributed by atoms with E-state index in [1.165, 1.54) is 26.4 Å². The van der Waals surface area contributed by atoms with Gasteiger partial charge in [-0.3, -0.25) is 4.79 Å². The first-order valence-electron chi connectivity index (χ1n) is 9.91. The van der Waals surface area contributed by atoms with Crippen molar-refractivity contribution in [1.29, 1.82) is 0 Å². The molecule has 0 aromatic heterocycles. The van der Waals surface area contributed by atoms with Crippen molar-refractivity contribution in [3.63, 3.8) is 0 Å². The fourth-order valence-electron chi connectivity index (χ4n) is 4.01. The van der Waals surface area contributed by atoms with Gasteiger partial charge in [0.1, 0.15) is 6.04 Å². The molecular formula is C21H30N2O3. The Kier molecular flexibility index (Phi) is 6.17. The Bertz CT molecular complexity index is 636. The molecule has 3 rings (SSSR count). The van der Waals surface area contributed by atoms with Crippen LogP contribution in [-0.2, 0) is 9.53 Å². The summed E-state index contributed by atoms with van der Waals surface area (Å²) in [7, 11) is 1.40. The quantitative estimate of drug-likeness (QED) is 0.756. The number of nitrogens with one attached hydrogen (secondary N) is 1. The number of rotatable bonds is 7. The summed E-state index contributed by atoms with van der Waals surface area (Å²) < 4.78 is 4.96. The Morgan fingerprint density at radius 2 is 1.85 bits per heavy atom. The molecule has 1 aromatic carbocycles. The zero-order valence-electron chi connectivity index (χ0n) is 15.9. The second kappa shape index (κ2) is 8.56. The van der Waals surface area contributed by atoms with Crippen LogP contribution in [-0.4, -0.2) is 37.1 Å². The van der Waals surface area contributed by atoms with Gasteiger partial charge in [-0.15, -0.1) is 0 Å². The summed E-state index contributed by atoms with van der Waals surface area (Å²) >= 11 is 0. The van der Waals surface area contributed by atoms with Gasteiger partial charge in [-0.2, -0.15) is 0 Å². The normalized spacial score (nSPS) is 18.8. The summed E-state index contributed by atoms with van der Waals surface area (Å²) in [6.45, 7) is 2.04. The smallest absolute Gasteiger partial charge is 0.339 e. The molecule has 1 amide bonds. The zero-order chi connectivity index (χ0) is 18.5. The third-order valence-electron chi connectivity index (χ3n) is 5.50. The van der Waals surface area contributed by atoms with E-state index in [9.17, 15) is 9.59 Å². The molecule has 26 heavy (non-hydrogen) atoms. The number of esters is 1. The molecule has 1 aromatic rings. The van der Waals surface area contributed by atoms with Crippen molar-refractivity contribution in [2.45, 2.75) is 76.4 Å². The van der Waals surface area contributed by atoms with Crippen LogP contribution in [0.15, 0.2) is 24.3 Å². The Balaban J connectivity index is 1.84. The average Bonchev–Trinajstić information content (AvgIpc) is 3.51. The lowest BCUT2D eigenvalue weighted by Gasteiger charge is -2.35. The molecule has 5 nitrogen and oxygen atoms in total. The van der Waals surface area contributed by atoms with Crippen LogP contribution in [0.2, 0.25) is 0 Å². The number of benzene rings is 1. The lowest BCUT2D eigenvalue weighted by Crippen LogP contribution is -2.51. The first-order valence-corrected chi connectivity index (χ1v) is 9.91. The Morgan fingerprint density at radius 1 is 1.15 bits per heavy atom. The number of amides is 1. The first kappa shape index (κ1) is 18.7. The van der Waals surface area contributed by atoms with E-state index < -0.39 is 0 Å². The lowest BCUT2D eigenvalue weighted by molar-refractivity contribution is -0.123. The van der Waals surface area contributed by atoms with E-state index in [0.29, 0.717) is 24.1 Å². The molecule has 2 saturated carbocycles. The maximum absolute atomic E-state index is 13.1. The number of ether oxygens (including phenoxy) is 1. The minimum absolute atomic E-state index is 0.0889. The minimum Gasteiger partial charge on any atom is -0.465 e. The molecule has 2 aliphatic carbocycles. The molecule has 5 heteroatoms. The van der Waals surface area contributed by atoms with Crippen molar-refractivity contribution in [3.8, 4) is 0 Å². The molecule has 1 unspecified atom stereocenters. The third kappa shape index (κ3) is 4.19. The highest BCUT2D eigenvalue weighted by molar-refractivity contribution is 5.97. The van der Waals surface area contributed by atoms with Gasteiger partial charge in [-0.1, -0.05) is 38.3 Å². The van der Waals surface area contributed by atoms with Gasteiger partial charge in [-0.05, 0) is 44.2 Å². The van der Waals surface area contributed by atoms with Crippen LogP contribution in [0.1, 0.15) is 68.6 Å². The maximum atomic E-state index is 13.1. The van der Waals surface area contributed by atoms with Crippen LogP contribution in [0, 0.1) is 0 Å². The highest BCUT2D eigenvalue weighted by Gasteiger charge is 2.38. The highest BCUT2D eigenvalue weighted by Crippen LogP contribution is 2.36. The topological polar surface area (TPSA) is 58.6 Å². The van der Waals surface area contributed by atoms with Crippen LogP contribution >= 0.6 is 0 Å². The van der Waals surface area contributed by atoms with E-state index >= 15 is 0 Å². The van der Waals surface area contributed by atoms with Crippen molar-refractivity contribution in [3.05, 3.63) is 29.8 Å². The molecule has 0 heterocycles. The number of carbonyl (C=O) groups excluding carboxylic acids is 2. The number of anilines is 1. The first-order chi connectivity index (χ1) is 12.7. The molecule has 0 radical (unpaired) electrons. The van der Waals surface area contributed by atoms with Crippen LogP contribution < -0.4 is 10.2 Å². The number of hydrogen-bond acceptors (Lipinski definition) is 4. The van der Waals surface area contributed by atoms with E-state index in [1.54, 1.807) is 6.07 Å². The standard InChI is InChI=1S/C21H30N2O3/c1-3-18(20(24)22-15-9-5-4-6-10-15)23(16-13-14-16)19-12-8-7-11-17(19)21(25)26-2/h7-8,11-12,15-16,18H,3-6,9-10,13-14H2,1-2H3,(H,22,24). The van der Waals surface area contributed by atoms with Gasteiger partial charge in [-0.25, -0.2) is 4.79 Å². The van der Waals surface area contributed by atoms with Crippen LogP contribution in [0.3, 0.4) is 0 Å². The molecule has 0 spiro atoms. The van der Waals surface area contributed by atoms with Gasteiger partial charge >= 0.3 is 5.97 Å². The summed E-state index contributed by atoms with van der Waals surface area (Å²) in [6, 6.07) is 7.83. The Labute approximate surface area is 156 Å². The summed E-state index contributed by atoms with van der Waals surface area (Å²) in [5.74, 6) is -0.264. The third-order valence-corrected chi connectivity index (χ3v) is 5.50. The molecule has 2 fully saturated rings. The maximum Gasteiger partial charge on any atom is 0.339 e. The fraction of sp³-hybridized carbons (Fsp3) is 0.619. The van der Waals surface area contributed by atoms with Crippen molar-refractivity contribution in [1.82, 2.24) is 5.32 Å². The van der Waals surface area contributed by atoms with Crippen LogP contribution in [0.4, 0.5) is 5.69 Å². The minimum atomic E-state index is -0.353. The summed E-state index contributed by atoms with van der Waals surface area (Å²) in [5, 5.41) is 3.27. The number of methoxy groups -OCH3 is 1. The van der Waals surface area contributed by atoms with Gasteiger partial charge in [0.05, 0.1) is 18.4 Å². The molecule has 0 saturated heterocycles. The van der Waals surface area contributed by atoms with Crippen molar-refractivity contribution in [2.75, 3.05) is 12.0 Å². The lowest BCUT2D eigenvalue weighted by atomic mass is 9.95. The number of nitrogens with zero attached hydrogens (tertiary/aromatic N) is 1. The molecule has 2 aliphatic rings. The molecule has 0 aliphatic heterocycles. The van der Waals surface area contributed by atoms with Crippen molar-refractivity contribution >= 4 is 17.6 Å². The monoisotopic (exact) mass is 358 g/mol. The Morgan fingerprint density at radius 3 is 2.46 bits per heavy atom. The second-order valence-corrected chi connectivity index (χ2v) is 7.41. The SMILES string of the molecule is CCC(C(=O)NC1CCCCC1)N(c1ccccc1C(=O)OC)C1CC1. The molecule has 1 atom stereocenters. The summed E-state index contributed by atoms with van der Waals surface area (Å²) in [5.41, 5.74) is 1.35. The largest absolute Gasteiger partial charge is 0.465 e.